The summed E-state index contributed by atoms with van der Waals surface area (Å²) in [6.07, 6.45) is 0. The maximum absolute atomic E-state index is 4.73. The van der Waals surface area contributed by atoms with E-state index in [1.165, 1.54) is 0 Å². The molecule has 0 spiro atoms. The van der Waals surface area contributed by atoms with Gasteiger partial charge >= 0.3 is 74.5 Å². The Balaban J connectivity index is 2.85. The van der Waals surface area contributed by atoms with Crippen molar-refractivity contribution in [3.8, 4) is 0 Å². The van der Waals surface area contributed by atoms with Crippen LogP contribution in [0.15, 0.2) is 30.3 Å². The summed E-state index contributed by atoms with van der Waals surface area (Å²) in [5, 5.41) is 0. The Hall–Kier alpha value is -0.616. The van der Waals surface area contributed by atoms with Crippen molar-refractivity contribution in [2.75, 3.05) is 11.9 Å². The van der Waals surface area contributed by atoms with Crippen molar-refractivity contribution < 1.29 is 15.0 Å². The number of rotatable bonds is 2. The molecule has 0 aromatic heterocycles. The molecular formula is C9H11NNi. The molecular weight excluding hydrogens is 181 g/mol. The zero-order chi connectivity index (χ0) is 8.27. The van der Waals surface area contributed by atoms with E-state index in [0.29, 0.717) is 0 Å². The van der Waals surface area contributed by atoms with Crippen LogP contribution in [0.4, 0.5) is 5.69 Å². The standard InChI is InChI=1S/C9H11N.Ni/c1-3-10(2)9-7-5-4-6-8-9;/h4-8H,1-2H3;. The molecule has 0 aliphatic heterocycles. The molecule has 0 saturated carbocycles. The Bertz CT molecular complexity index is 243. The predicted octanol–water partition coefficient (Wildman–Crippen LogP) is 1.82. The number of benzene rings is 1. The van der Waals surface area contributed by atoms with Gasteiger partial charge in [-0.25, -0.2) is 0 Å². The van der Waals surface area contributed by atoms with Crippen LogP contribution < -0.4 is 4.90 Å². The fourth-order valence-corrected chi connectivity index (χ4v) is 0.949. The third-order valence-corrected chi connectivity index (χ3v) is 1.92. The van der Waals surface area contributed by atoms with Crippen LogP contribution in [0.3, 0.4) is 0 Å². The maximum atomic E-state index is 4.73. The molecule has 0 amide bonds. The molecule has 0 saturated heterocycles. The van der Waals surface area contributed by atoms with Crippen LogP contribution in [0.5, 0.6) is 0 Å². The van der Waals surface area contributed by atoms with Gasteiger partial charge in [0.05, 0.1) is 0 Å². The molecule has 1 rings (SSSR count). The van der Waals surface area contributed by atoms with Crippen molar-refractivity contribution in [1.82, 2.24) is 0 Å². The van der Waals surface area contributed by atoms with E-state index >= 15 is 0 Å². The molecule has 0 aliphatic rings. The first-order chi connectivity index (χ1) is 5.22. The Morgan fingerprint density at radius 3 is 2.27 bits per heavy atom. The predicted molar refractivity (Wildman–Crippen MR) is 45.5 cm³/mol. The van der Waals surface area contributed by atoms with Crippen LogP contribution >= 0.6 is 0 Å². The first-order valence-corrected chi connectivity index (χ1v) is 3.96. The molecule has 0 fully saturated rings. The SMILES string of the molecule is C[C](=[Ni])N(C)c1ccccc1. The van der Waals surface area contributed by atoms with Gasteiger partial charge in [0.1, 0.15) is 0 Å². The summed E-state index contributed by atoms with van der Waals surface area (Å²) < 4.78 is 0.927. The quantitative estimate of drug-likeness (QED) is 0.645. The molecule has 0 atom stereocenters. The minimum atomic E-state index is 0.927. The second kappa shape index (κ2) is 3.68. The zero-order valence-corrected chi connectivity index (χ0v) is 7.64. The monoisotopic (exact) mass is 191 g/mol. The van der Waals surface area contributed by atoms with Crippen molar-refractivity contribution in [2.45, 2.75) is 6.92 Å². The summed E-state index contributed by atoms with van der Waals surface area (Å²) in [4.78, 5) is 2.00. The topological polar surface area (TPSA) is 3.24 Å². The molecule has 11 heavy (non-hydrogen) atoms. The summed E-state index contributed by atoms with van der Waals surface area (Å²) in [7, 11) is 1.98. The molecule has 0 heterocycles. The van der Waals surface area contributed by atoms with E-state index in [4.69, 9.17) is 15.0 Å². The van der Waals surface area contributed by atoms with E-state index in [-0.39, 0.29) is 0 Å². The van der Waals surface area contributed by atoms with Gasteiger partial charge in [-0.05, 0) is 0 Å². The van der Waals surface area contributed by atoms with Crippen LogP contribution in [0.2, 0.25) is 0 Å². The summed E-state index contributed by atoms with van der Waals surface area (Å²) in [5.74, 6) is 0. The molecule has 0 bridgehead atoms. The van der Waals surface area contributed by atoms with Gasteiger partial charge in [-0.15, -0.1) is 0 Å². The van der Waals surface area contributed by atoms with Crippen molar-refractivity contribution in [2.24, 2.45) is 0 Å². The average molecular weight is 192 g/mol. The van der Waals surface area contributed by atoms with Gasteiger partial charge < -0.3 is 0 Å². The van der Waals surface area contributed by atoms with Gasteiger partial charge in [-0.2, -0.15) is 0 Å². The van der Waals surface area contributed by atoms with E-state index in [2.05, 4.69) is 0 Å². The summed E-state index contributed by atoms with van der Waals surface area (Å²) in [5.41, 5.74) is 1.15. The number of nitrogens with zero attached hydrogens (tertiary/aromatic N) is 1. The van der Waals surface area contributed by atoms with Crippen molar-refractivity contribution in [3.63, 3.8) is 0 Å². The van der Waals surface area contributed by atoms with Crippen molar-refractivity contribution >= 4 is 10.3 Å². The first-order valence-electron chi connectivity index (χ1n) is 3.46. The van der Waals surface area contributed by atoms with E-state index < -0.39 is 0 Å². The van der Waals surface area contributed by atoms with Crippen LogP contribution in [0.1, 0.15) is 6.92 Å². The Morgan fingerprint density at radius 1 is 1.27 bits per heavy atom. The van der Waals surface area contributed by atoms with E-state index in [1.807, 2.05) is 49.2 Å². The normalized spacial score (nSPS) is 9.45. The average Bonchev–Trinajstić information content (AvgIpc) is 2.05. The molecule has 1 aromatic carbocycles. The Labute approximate surface area is 74.9 Å². The molecule has 62 valence electrons. The van der Waals surface area contributed by atoms with Gasteiger partial charge in [-0.3, -0.25) is 0 Å². The van der Waals surface area contributed by atoms with Crippen molar-refractivity contribution in [3.05, 3.63) is 30.3 Å². The Morgan fingerprint density at radius 2 is 1.82 bits per heavy atom. The molecule has 0 aliphatic carbocycles. The fraction of sp³-hybridized carbons (Fsp3) is 0.222. The van der Waals surface area contributed by atoms with Gasteiger partial charge in [-0.1, -0.05) is 0 Å². The van der Waals surface area contributed by atoms with Gasteiger partial charge in [0.15, 0.2) is 0 Å². The van der Waals surface area contributed by atoms with Crippen LogP contribution in [0, 0.1) is 0 Å². The molecule has 1 aromatic rings. The van der Waals surface area contributed by atoms with Crippen LogP contribution in [-0.2, 0) is 15.0 Å². The molecule has 0 unspecified atom stereocenters. The molecule has 0 radical (unpaired) electrons. The van der Waals surface area contributed by atoms with E-state index in [0.717, 1.165) is 10.3 Å². The third-order valence-electron chi connectivity index (χ3n) is 1.58. The Kier molecular flexibility index (Phi) is 2.84. The molecule has 2 heteroatoms. The van der Waals surface area contributed by atoms with Gasteiger partial charge in [0, 0.05) is 0 Å². The number of hydrogen-bond acceptors (Lipinski definition) is 1. The molecule has 1 nitrogen and oxygen atoms in total. The van der Waals surface area contributed by atoms with Crippen LogP contribution in [-0.4, -0.2) is 11.7 Å². The first kappa shape index (κ1) is 8.48. The zero-order valence-electron chi connectivity index (χ0n) is 6.65. The summed E-state index contributed by atoms with van der Waals surface area (Å²) in [6.45, 7) is 1.94. The third kappa shape index (κ3) is 2.16. The number of anilines is 1. The molecule has 0 N–H and O–H groups in total. The van der Waals surface area contributed by atoms with E-state index in [1.54, 1.807) is 0 Å². The van der Waals surface area contributed by atoms with Crippen LogP contribution in [0.25, 0.3) is 0 Å². The summed E-state index contributed by atoms with van der Waals surface area (Å²) in [6, 6.07) is 10.1. The summed E-state index contributed by atoms with van der Waals surface area (Å²) >= 11 is 4.73. The van der Waals surface area contributed by atoms with E-state index in [9.17, 15) is 0 Å². The second-order valence-electron chi connectivity index (χ2n) is 2.35. The minimum absolute atomic E-state index is 0.927. The van der Waals surface area contributed by atoms with Crippen molar-refractivity contribution in [1.29, 1.82) is 0 Å². The number of hydrogen-bond donors (Lipinski definition) is 0. The van der Waals surface area contributed by atoms with Gasteiger partial charge in [0.2, 0.25) is 0 Å². The fourth-order valence-electron chi connectivity index (χ4n) is 0.822. The van der Waals surface area contributed by atoms with Gasteiger partial charge in [0.25, 0.3) is 0 Å². The number of para-hydroxylation sites is 1. The second-order valence-corrected chi connectivity index (χ2v) is 3.06.